The first-order valence-electron chi connectivity index (χ1n) is 4.38. The lowest BCUT2D eigenvalue weighted by Gasteiger charge is -2.00. The number of aromatic nitrogens is 2. The third-order valence-electron chi connectivity index (χ3n) is 2.03. The van der Waals surface area contributed by atoms with Gasteiger partial charge in [0, 0.05) is 18.0 Å². The molecule has 0 bridgehead atoms. The Balaban J connectivity index is 2.56. The number of hydrogen-bond donors (Lipinski definition) is 1. The molecule has 2 aromatic rings. The van der Waals surface area contributed by atoms with Gasteiger partial charge in [-0.3, -0.25) is 4.98 Å². The predicted molar refractivity (Wildman–Crippen MR) is 59.6 cm³/mol. The molecule has 0 aliphatic carbocycles. The Labute approximate surface area is 87.7 Å². The predicted octanol–water partition coefficient (Wildman–Crippen LogP) is 3.11. The third kappa shape index (κ3) is 1.72. The van der Waals surface area contributed by atoms with E-state index in [4.69, 9.17) is 12.2 Å². The maximum Gasteiger partial charge on any atom is 0.129 e. The fourth-order valence-electron chi connectivity index (χ4n) is 1.27. The van der Waals surface area contributed by atoms with Crippen molar-refractivity contribution in [3.63, 3.8) is 0 Å². The molecule has 0 radical (unpaired) electrons. The highest BCUT2D eigenvalue weighted by Crippen LogP contribution is 2.16. The zero-order valence-electron chi connectivity index (χ0n) is 7.82. The smallest absolute Gasteiger partial charge is 0.129 e. The van der Waals surface area contributed by atoms with Crippen molar-refractivity contribution < 1.29 is 0 Å². The van der Waals surface area contributed by atoms with Crippen molar-refractivity contribution >= 4 is 12.2 Å². The second kappa shape index (κ2) is 3.72. The minimum absolute atomic E-state index is 0.677. The summed E-state index contributed by atoms with van der Waals surface area (Å²) in [6.45, 7) is 2.06. The molecular weight excluding hydrogens is 192 g/mol. The minimum atomic E-state index is 0.677. The van der Waals surface area contributed by atoms with Gasteiger partial charge in [-0.2, -0.15) is 0 Å². The van der Waals surface area contributed by atoms with Crippen molar-refractivity contribution in [3.8, 4) is 11.3 Å². The number of H-pyrrole nitrogens is 1. The summed E-state index contributed by atoms with van der Waals surface area (Å²) >= 11 is 5.15. The van der Waals surface area contributed by atoms with Crippen molar-refractivity contribution in [3.05, 3.63) is 46.9 Å². The van der Waals surface area contributed by atoms with E-state index in [1.807, 2.05) is 12.1 Å². The normalized spacial score (nSPS) is 10.1. The highest BCUT2D eigenvalue weighted by Gasteiger charge is 1.99. The number of aromatic amines is 1. The topological polar surface area (TPSA) is 28.7 Å². The van der Waals surface area contributed by atoms with E-state index in [0.29, 0.717) is 4.64 Å². The van der Waals surface area contributed by atoms with E-state index in [-0.39, 0.29) is 0 Å². The maximum absolute atomic E-state index is 5.15. The molecule has 0 saturated heterocycles. The summed E-state index contributed by atoms with van der Waals surface area (Å²) in [4.78, 5) is 7.21. The van der Waals surface area contributed by atoms with Crippen LogP contribution in [-0.4, -0.2) is 9.97 Å². The zero-order chi connectivity index (χ0) is 9.97. The van der Waals surface area contributed by atoms with Crippen LogP contribution in [0, 0.1) is 11.6 Å². The molecule has 3 heteroatoms. The van der Waals surface area contributed by atoms with Crippen LogP contribution >= 0.6 is 12.2 Å². The molecule has 14 heavy (non-hydrogen) atoms. The van der Waals surface area contributed by atoms with Gasteiger partial charge in [0.15, 0.2) is 0 Å². The maximum atomic E-state index is 5.15. The van der Waals surface area contributed by atoms with Gasteiger partial charge in [0.25, 0.3) is 0 Å². The number of nitrogens with zero attached hydrogens (tertiary/aromatic N) is 1. The van der Waals surface area contributed by atoms with Crippen molar-refractivity contribution in [1.29, 1.82) is 0 Å². The van der Waals surface area contributed by atoms with E-state index in [2.05, 4.69) is 29.0 Å². The lowest BCUT2D eigenvalue weighted by atomic mass is 10.1. The summed E-state index contributed by atoms with van der Waals surface area (Å²) in [6.07, 6.45) is 3.45. The molecule has 0 aliphatic heterocycles. The van der Waals surface area contributed by atoms with Crippen LogP contribution in [-0.2, 0) is 0 Å². The first-order chi connectivity index (χ1) is 6.77. The van der Waals surface area contributed by atoms with E-state index in [1.165, 1.54) is 5.56 Å². The Morgan fingerprint density at radius 1 is 1.21 bits per heavy atom. The van der Waals surface area contributed by atoms with Crippen molar-refractivity contribution in [1.82, 2.24) is 9.97 Å². The quantitative estimate of drug-likeness (QED) is 0.720. The van der Waals surface area contributed by atoms with Crippen molar-refractivity contribution in [2.75, 3.05) is 0 Å². The SMILES string of the molecule is Cc1ccc(-c2ncc[nH]c2=S)cc1. The molecule has 0 unspecified atom stereocenters. The minimum Gasteiger partial charge on any atom is -0.350 e. The fraction of sp³-hybridized carbons (Fsp3) is 0.0909. The van der Waals surface area contributed by atoms with Crippen LogP contribution in [0.1, 0.15) is 5.56 Å². The average Bonchev–Trinajstić information content (AvgIpc) is 2.20. The van der Waals surface area contributed by atoms with E-state index < -0.39 is 0 Å². The van der Waals surface area contributed by atoms with Crippen LogP contribution in [0.15, 0.2) is 36.7 Å². The number of aryl methyl sites for hydroxylation is 1. The number of hydrogen-bond acceptors (Lipinski definition) is 2. The summed E-state index contributed by atoms with van der Waals surface area (Å²) in [6, 6.07) is 8.17. The van der Waals surface area contributed by atoms with Gasteiger partial charge in [-0.25, -0.2) is 0 Å². The summed E-state index contributed by atoms with van der Waals surface area (Å²) in [5, 5.41) is 0. The summed E-state index contributed by atoms with van der Waals surface area (Å²) in [7, 11) is 0. The number of rotatable bonds is 1. The van der Waals surface area contributed by atoms with E-state index in [1.54, 1.807) is 12.4 Å². The van der Waals surface area contributed by atoms with Gasteiger partial charge < -0.3 is 4.98 Å². The molecule has 70 valence electrons. The van der Waals surface area contributed by atoms with Gasteiger partial charge in [0.05, 0.1) is 0 Å². The Kier molecular flexibility index (Phi) is 2.41. The molecular formula is C11H10N2S. The van der Waals surface area contributed by atoms with Gasteiger partial charge in [-0.1, -0.05) is 42.0 Å². The van der Waals surface area contributed by atoms with E-state index in [9.17, 15) is 0 Å². The first-order valence-corrected chi connectivity index (χ1v) is 4.79. The summed E-state index contributed by atoms with van der Waals surface area (Å²) in [5.41, 5.74) is 3.12. The van der Waals surface area contributed by atoms with Gasteiger partial charge in [-0.15, -0.1) is 0 Å². The highest BCUT2D eigenvalue weighted by molar-refractivity contribution is 7.71. The lowest BCUT2D eigenvalue weighted by molar-refractivity contribution is 1.18. The Hall–Kier alpha value is -1.48. The average molecular weight is 202 g/mol. The molecule has 0 spiro atoms. The second-order valence-electron chi connectivity index (χ2n) is 3.13. The molecule has 2 nitrogen and oxygen atoms in total. The van der Waals surface area contributed by atoms with Gasteiger partial charge in [0.2, 0.25) is 0 Å². The van der Waals surface area contributed by atoms with Crippen LogP contribution < -0.4 is 0 Å². The standard InChI is InChI=1S/C11H10N2S/c1-8-2-4-9(5-3-8)10-11(14)13-7-6-12-10/h2-7H,1H3,(H,13,14). The van der Waals surface area contributed by atoms with E-state index >= 15 is 0 Å². The Morgan fingerprint density at radius 2 is 1.93 bits per heavy atom. The Bertz CT molecular complexity index is 485. The molecule has 1 N–H and O–H groups in total. The van der Waals surface area contributed by atoms with Crippen molar-refractivity contribution in [2.45, 2.75) is 6.92 Å². The van der Waals surface area contributed by atoms with E-state index in [0.717, 1.165) is 11.3 Å². The molecule has 0 atom stereocenters. The molecule has 0 amide bonds. The molecule has 0 saturated carbocycles. The molecule has 0 fully saturated rings. The van der Waals surface area contributed by atoms with Gasteiger partial charge in [0.1, 0.15) is 10.3 Å². The first kappa shape index (κ1) is 9.09. The van der Waals surface area contributed by atoms with Gasteiger partial charge in [-0.05, 0) is 6.92 Å². The molecule has 1 aromatic carbocycles. The van der Waals surface area contributed by atoms with Crippen LogP contribution in [0.25, 0.3) is 11.3 Å². The van der Waals surface area contributed by atoms with Crippen molar-refractivity contribution in [2.24, 2.45) is 0 Å². The summed E-state index contributed by atoms with van der Waals surface area (Å²) in [5.74, 6) is 0. The molecule has 0 aliphatic rings. The Morgan fingerprint density at radius 3 is 2.57 bits per heavy atom. The number of nitrogens with one attached hydrogen (secondary N) is 1. The van der Waals surface area contributed by atoms with Crippen LogP contribution in [0.4, 0.5) is 0 Å². The summed E-state index contributed by atoms with van der Waals surface area (Å²) < 4.78 is 0.677. The zero-order valence-corrected chi connectivity index (χ0v) is 8.64. The largest absolute Gasteiger partial charge is 0.350 e. The molecule has 1 heterocycles. The van der Waals surface area contributed by atoms with Crippen LogP contribution in [0.5, 0.6) is 0 Å². The number of benzene rings is 1. The monoisotopic (exact) mass is 202 g/mol. The van der Waals surface area contributed by atoms with Crippen LogP contribution in [0.3, 0.4) is 0 Å². The molecule has 1 aromatic heterocycles. The van der Waals surface area contributed by atoms with Gasteiger partial charge >= 0.3 is 0 Å². The highest BCUT2D eigenvalue weighted by atomic mass is 32.1. The second-order valence-corrected chi connectivity index (χ2v) is 3.54. The van der Waals surface area contributed by atoms with Crippen LogP contribution in [0.2, 0.25) is 0 Å². The fourth-order valence-corrected chi connectivity index (χ4v) is 1.51. The third-order valence-corrected chi connectivity index (χ3v) is 2.34. The molecule has 2 rings (SSSR count). The lowest BCUT2D eigenvalue weighted by Crippen LogP contribution is -1.86.